The first-order chi connectivity index (χ1) is 1.00. The van der Waals surface area contributed by atoms with Crippen LogP contribution in [0.1, 0.15) is 0 Å². The molecular formula is BiLaNiO. The fourth-order valence-corrected chi connectivity index (χ4v) is 0. The van der Waals surface area contributed by atoms with Gasteiger partial charge in [-0.25, -0.2) is 0 Å². The molecular weight excluding hydrogens is 423 g/mol. The van der Waals surface area contributed by atoms with Crippen LogP contribution in [0.2, 0.25) is 0 Å². The van der Waals surface area contributed by atoms with Crippen LogP contribution >= 0.6 is 0 Å². The second-order valence-electron chi connectivity index (χ2n) is 0. The molecule has 0 heterocycles. The minimum atomic E-state index is 0. The third-order valence-corrected chi connectivity index (χ3v) is 0. The van der Waals surface area contributed by atoms with E-state index in [1.54, 1.807) is 0 Å². The summed E-state index contributed by atoms with van der Waals surface area (Å²) >= 11 is 0.194. The van der Waals surface area contributed by atoms with Crippen LogP contribution in [-0.4, -0.2) is 24.7 Å². The molecule has 24 valence electrons. The van der Waals surface area contributed by atoms with Crippen molar-refractivity contribution in [3.05, 3.63) is 0 Å². The molecule has 4 heteroatoms. The van der Waals surface area contributed by atoms with E-state index in [1.807, 2.05) is 0 Å². The Morgan fingerprint density at radius 3 is 1.25 bits per heavy atom. The third-order valence-electron chi connectivity index (χ3n) is 0. The van der Waals surface area contributed by atoms with Crippen molar-refractivity contribution in [3.8, 4) is 0 Å². The summed E-state index contributed by atoms with van der Waals surface area (Å²) in [5, 5.41) is 0. The summed E-state index contributed by atoms with van der Waals surface area (Å²) in [5.41, 5.74) is 0. The molecule has 0 rings (SSSR count). The van der Waals surface area contributed by atoms with Gasteiger partial charge in [-0.05, 0) is 0 Å². The van der Waals surface area contributed by atoms with E-state index in [9.17, 15) is 0 Å². The van der Waals surface area contributed by atoms with E-state index < -0.39 is 0 Å². The Balaban J connectivity index is -0.00000000500. The van der Waals surface area contributed by atoms with Crippen LogP contribution in [0, 0.1) is 35.6 Å². The summed E-state index contributed by atoms with van der Waals surface area (Å²) in [6.07, 6.45) is 0. The van der Waals surface area contributed by atoms with Gasteiger partial charge >= 0.3 is 27.5 Å². The first kappa shape index (κ1) is 16.2. The number of hydrogen-bond donors (Lipinski definition) is 0. The molecule has 1 nitrogen and oxygen atoms in total. The van der Waals surface area contributed by atoms with Crippen LogP contribution in [0.15, 0.2) is 0 Å². The number of rotatable bonds is 0. The fraction of sp³-hybridized carbons (Fsp3) is 0. The van der Waals surface area contributed by atoms with Crippen molar-refractivity contribution in [2.24, 2.45) is 0 Å². The zero-order chi connectivity index (χ0) is 2.00. The molecule has 0 saturated heterocycles. The van der Waals surface area contributed by atoms with Gasteiger partial charge in [0.05, 0.1) is 0 Å². The molecule has 0 aliphatic carbocycles. The second-order valence-corrected chi connectivity index (χ2v) is 0. The van der Waals surface area contributed by atoms with E-state index in [2.05, 4.69) is 0 Å². The summed E-state index contributed by atoms with van der Waals surface area (Å²) in [5.74, 6) is 0. The Labute approximate surface area is 78.1 Å². The average Bonchev–Trinajstić information content (AvgIpc) is 1.00. The summed E-state index contributed by atoms with van der Waals surface area (Å²) in [6, 6.07) is 0. The molecule has 0 aromatic rings. The molecule has 0 bridgehead atoms. The average molecular weight is 423 g/mol. The summed E-state index contributed by atoms with van der Waals surface area (Å²) in [6.45, 7) is 0. The zero-order valence-corrected chi connectivity index (χ0v) is 9.84. The molecule has 0 N–H and O–H groups in total. The Kier molecular flexibility index (Phi) is 73.8. The van der Waals surface area contributed by atoms with Gasteiger partial charge in [-0.1, -0.05) is 0 Å². The van der Waals surface area contributed by atoms with Crippen LogP contribution in [0.25, 0.3) is 0 Å². The first-order valence-corrected chi connectivity index (χ1v) is 1.60. The first-order valence-electron chi connectivity index (χ1n) is 0.183. The van der Waals surface area contributed by atoms with Gasteiger partial charge in [0.2, 0.25) is 0 Å². The zero-order valence-electron chi connectivity index (χ0n) is 1.75. The number of hydrogen-bond acceptors (Lipinski definition) is 1. The molecule has 2 radical (unpaired) electrons. The fourth-order valence-electron chi connectivity index (χ4n) is 0. The molecule has 4 heavy (non-hydrogen) atoms. The second kappa shape index (κ2) is 18.3. The van der Waals surface area contributed by atoms with Crippen molar-refractivity contribution in [1.29, 1.82) is 0 Å². The van der Waals surface area contributed by atoms with Crippen molar-refractivity contribution in [3.63, 3.8) is 0 Å². The Morgan fingerprint density at radius 2 is 1.25 bits per heavy atom. The van der Waals surface area contributed by atoms with Crippen molar-refractivity contribution >= 4 is 24.7 Å². The molecule has 0 aliphatic heterocycles. The van der Waals surface area contributed by atoms with E-state index in [-0.39, 0.29) is 76.8 Å². The standard InChI is InChI=1S/Bi.La.Ni.O. The van der Waals surface area contributed by atoms with Crippen molar-refractivity contribution in [2.45, 2.75) is 0 Å². The van der Waals surface area contributed by atoms with Gasteiger partial charge < -0.3 is 0 Å². The summed E-state index contributed by atoms with van der Waals surface area (Å²) in [4.78, 5) is 0. The third kappa shape index (κ3) is 8.84. The van der Waals surface area contributed by atoms with Gasteiger partial charge in [-0.15, -0.1) is 0 Å². The van der Waals surface area contributed by atoms with Crippen molar-refractivity contribution in [1.82, 2.24) is 0 Å². The molecule has 0 spiro atoms. The normalized spacial score (nSPS) is 1.00. The van der Waals surface area contributed by atoms with E-state index >= 15 is 0 Å². The Hall–Kier alpha value is 2.37. The van der Waals surface area contributed by atoms with Gasteiger partial charge in [0.15, 0.2) is 0 Å². The molecule has 0 aromatic heterocycles. The maximum absolute atomic E-state index is 8.36. The molecule has 0 aliphatic rings. The maximum atomic E-state index is 8.36. The predicted molar refractivity (Wildman–Crippen MR) is 6.44 cm³/mol. The van der Waals surface area contributed by atoms with Crippen LogP contribution in [0.3, 0.4) is 0 Å². The van der Waals surface area contributed by atoms with Crippen LogP contribution in [0.5, 0.6) is 0 Å². The Morgan fingerprint density at radius 1 is 1.25 bits per heavy atom. The quantitative estimate of drug-likeness (QED) is 0.481. The van der Waals surface area contributed by atoms with Gasteiger partial charge in [0.25, 0.3) is 0 Å². The van der Waals surface area contributed by atoms with E-state index in [4.69, 9.17) is 2.81 Å². The predicted octanol–water partition coefficient (Wildman–Crippen LogP) is -0.502. The minimum absolute atomic E-state index is 0. The SMILES string of the molecule is [La].[Ni].[O]=[Bi]. The summed E-state index contributed by atoms with van der Waals surface area (Å²) in [7, 11) is 0. The molecule has 0 unspecified atom stereocenters. The van der Waals surface area contributed by atoms with Crippen LogP contribution < -0.4 is 0 Å². The van der Waals surface area contributed by atoms with E-state index in [1.165, 1.54) is 0 Å². The van der Waals surface area contributed by atoms with Gasteiger partial charge in [0.1, 0.15) is 0 Å². The molecule has 0 amide bonds. The molecule has 0 saturated carbocycles. The van der Waals surface area contributed by atoms with E-state index in [0.29, 0.717) is 0 Å². The summed E-state index contributed by atoms with van der Waals surface area (Å²) < 4.78 is 8.36. The van der Waals surface area contributed by atoms with Crippen LogP contribution in [0.4, 0.5) is 0 Å². The monoisotopic (exact) mass is 422 g/mol. The van der Waals surface area contributed by atoms with Gasteiger partial charge in [-0.3, -0.25) is 0 Å². The molecule has 0 fully saturated rings. The van der Waals surface area contributed by atoms with Gasteiger partial charge in [0, 0.05) is 52.1 Å². The van der Waals surface area contributed by atoms with Crippen molar-refractivity contribution in [2.75, 3.05) is 0 Å². The van der Waals surface area contributed by atoms with E-state index in [0.717, 1.165) is 0 Å². The topological polar surface area (TPSA) is 17.1 Å². The molecule has 0 aromatic carbocycles. The van der Waals surface area contributed by atoms with Crippen LogP contribution in [-0.2, 0) is 19.3 Å². The van der Waals surface area contributed by atoms with Crippen molar-refractivity contribution < 1.29 is 54.9 Å². The molecule has 0 atom stereocenters. The Bertz CT molecular complexity index is 8.00. The van der Waals surface area contributed by atoms with Gasteiger partial charge in [-0.2, -0.15) is 0 Å².